The molecule has 0 unspecified atom stereocenters. The fourth-order valence-electron chi connectivity index (χ4n) is 4.96. The molecule has 0 spiro atoms. The highest BCUT2D eigenvalue weighted by molar-refractivity contribution is 5.45. The van der Waals surface area contributed by atoms with Crippen molar-refractivity contribution in [3.8, 4) is 23.0 Å². The summed E-state index contributed by atoms with van der Waals surface area (Å²) in [5.74, 6) is -0.376. The quantitative estimate of drug-likeness (QED) is 0.220. The average Bonchev–Trinajstić information content (AvgIpc) is 3.37. The Morgan fingerprint density at radius 1 is 0.895 bits per heavy atom. The van der Waals surface area contributed by atoms with Gasteiger partial charge in [-0.1, -0.05) is 12.1 Å². The number of phenols is 1. The molecule has 0 bridgehead atoms. The van der Waals surface area contributed by atoms with Gasteiger partial charge in [-0.2, -0.15) is 0 Å². The van der Waals surface area contributed by atoms with Crippen LogP contribution in [0, 0.1) is 11.8 Å². The number of aliphatic hydroxyl groups excluding tert-OH is 6. The van der Waals surface area contributed by atoms with E-state index in [1.165, 1.54) is 26.4 Å². The molecule has 2 aliphatic heterocycles. The van der Waals surface area contributed by atoms with E-state index in [1.54, 1.807) is 24.3 Å². The van der Waals surface area contributed by atoms with Gasteiger partial charge in [0.1, 0.15) is 24.4 Å². The third kappa shape index (κ3) is 5.40. The van der Waals surface area contributed by atoms with Crippen molar-refractivity contribution in [1.82, 2.24) is 0 Å². The largest absolute Gasteiger partial charge is 0.504 e. The molecule has 7 N–H and O–H groups in total. The number of phenolic OH excluding ortho intramolecular Hbond substituents is 1. The summed E-state index contributed by atoms with van der Waals surface area (Å²) in [6, 6.07) is 9.40. The number of methoxy groups -OCH3 is 2. The monoisotopic (exact) mass is 538 g/mol. The number of rotatable bonds is 9. The summed E-state index contributed by atoms with van der Waals surface area (Å²) < 4.78 is 27.7. The zero-order chi connectivity index (χ0) is 27.6. The van der Waals surface area contributed by atoms with Crippen molar-refractivity contribution < 1.29 is 59.4 Å². The summed E-state index contributed by atoms with van der Waals surface area (Å²) in [4.78, 5) is 0. The number of benzene rings is 2. The zero-order valence-electron chi connectivity index (χ0n) is 21.0. The first-order valence-corrected chi connectivity index (χ1v) is 12.2. The molecule has 2 aromatic carbocycles. The van der Waals surface area contributed by atoms with E-state index in [-0.39, 0.29) is 36.2 Å². The Morgan fingerprint density at radius 3 is 2.29 bits per heavy atom. The Hall–Kier alpha value is -2.68. The van der Waals surface area contributed by atoms with E-state index < -0.39 is 61.4 Å². The normalized spacial score (nSPS) is 32.1. The van der Waals surface area contributed by atoms with Gasteiger partial charge in [-0.3, -0.25) is 0 Å². The first-order valence-electron chi connectivity index (χ1n) is 12.2. The van der Waals surface area contributed by atoms with Crippen LogP contribution in [0.5, 0.6) is 23.0 Å². The third-order valence-electron chi connectivity index (χ3n) is 7.18. The van der Waals surface area contributed by atoms with Crippen LogP contribution in [0.1, 0.15) is 23.3 Å². The van der Waals surface area contributed by atoms with Gasteiger partial charge < -0.3 is 59.4 Å². The van der Waals surface area contributed by atoms with Gasteiger partial charge in [0, 0.05) is 18.4 Å². The van der Waals surface area contributed by atoms with Crippen LogP contribution in [-0.4, -0.2) is 100 Å². The molecular formula is C26H34O12. The van der Waals surface area contributed by atoms with Crippen molar-refractivity contribution in [3.63, 3.8) is 0 Å². The number of ether oxygens (including phenoxy) is 5. The van der Waals surface area contributed by atoms with Gasteiger partial charge in [0.2, 0.25) is 6.29 Å². The molecule has 0 amide bonds. The standard InChI is InChI=1S/C26H34O12/c1-34-18-7-12(3-5-16(18)29)21(30)15-11-36-25(14(15)9-27)13-4-6-17(19(8-13)35-2)37-26-24(33)23(32)22(31)20(10-28)38-26/h3-8,14-15,20-33H,9-11H2,1-2H3/t14-,15+,20+,21-,22+,23-,24+,25+,26+/m1/s1. The van der Waals surface area contributed by atoms with E-state index in [9.17, 15) is 35.7 Å². The molecule has 210 valence electrons. The highest BCUT2D eigenvalue weighted by Crippen LogP contribution is 2.46. The molecule has 2 heterocycles. The summed E-state index contributed by atoms with van der Waals surface area (Å²) in [6.07, 6.45) is -8.80. The first kappa shape index (κ1) is 28.3. The van der Waals surface area contributed by atoms with E-state index >= 15 is 0 Å². The van der Waals surface area contributed by atoms with Crippen LogP contribution in [-0.2, 0) is 9.47 Å². The maximum Gasteiger partial charge on any atom is 0.229 e. The molecule has 12 nitrogen and oxygen atoms in total. The first-order chi connectivity index (χ1) is 18.2. The maximum absolute atomic E-state index is 11.1. The van der Waals surface area contributed by atoms with Gasteiger partial charge >= 0.3 is 0 Å². The van der Waals surface area contributed by atoms with Gasteiger partial charge in [0.05, 0.1) is 39.6 Å². The molecule has 0 radical (unpaired) electrons. The lowest BCUT2D eigenvalue weighted by molar-refractivity contribution is -0.277. The average molecular weight is 539 g/mol. The van der Waals surface area contributed by atoms with Gasteiger partial charge in [-0.05, 0) is 35.4 Å². The van der Waals surface area contributed by atoms with Crippen molar-refractivity contribution in [2.24, 2.45) is 11.8 Å². The van der Waals surface area contributed by atoms with Crippen molar-refractivity contribution in [2.75, 3.05) is 34.0 Å². The molecule has 2 saturated heterocycles. The van der Waals surface area contributed by atoms with E-state index in [1.807, 2.05) is 0 Å². The summed E-state index contributed by atoms with van der Waals surface area (Å²) in [5.41, 5.74) is 1.15. The molecule has 2 fully saturated rings. The smallest absolute Gasteiger partial charge is 0.229 e. The van der Waals surface area contributed by atoms with Crippen LogP contribution in [0.15, 0.2) is 36.4 Å². The van der Waals surface area contributed by atoms with Crippen LogP contribution in [0.25, 0.3) is 0 Å². The Morgan fingerprint density at radius 2 is 1.63 bits per heavy atom. The van der Waals surface area contributed by atoms with Crippen LogP contribution >= 0.6 is 0 Å². The lowest BCUT2D eigenvalue weighted by atomic mass is 9.82. The molecule has 2 aromatic rings. The Balaban J connectivity index is 1.52. The molecule has 9 atom stereocenters. The van der Waals surface area contributed by atoms with Crippen molar-refractivity contribution in [3.05, 3.63) is 47.5 Å². The minimum atomic E-state index is -1.59. The molecular weight excluding hydrogens is 504 g/mol. The van der Waals surface area contributed by atoms with E-state index in [4.69, 9.17) is 23.7 Å². The van der Waals surface area contributed by atoms with E-state index in [0.29, 0.717) is 11.1 Å². The minimum Gasteiger partial charge on any atom is -0.504 e. The van der Waals surface area contributed by atoms with Crippen LogP contribution < -0.4 is 14.2 Å². The third-order valence-corrected chi connectivity index (χ3v) is 7.18. The van der Waals surface area contributed by atoms with Gasteiger partial charge in [0.15, 0.2) is 23.0 Å². The minimum absolute atomic E-state index is 0.0548. The number of hydrogen-bond donors (Lipinski definition) is 7. The van der Waals surface area contributed by atoms with Crippen LogP contribution in [0.3, 0.4) is 0 Å². The predicted molar refractivity (Wildman–Crippen MR) is 130 cm³/mol. The molecule has 12 heteroatoms. The lowest BCUT2D eigenvalue weighted by Crippen LogP contribution is -2.60. The van der Waals surface area contributed by atoms with Crippen molar-refractivity contribution in [2.45, 2.75) is 42.9 Å². The number of aliphatic hydroxyl groups is 6. The molecule has 0 aliphatic carbocycles. The molecule has 0 aromatic heterocycles. The van der Waals surface area contributed by atoms with Crippen molar-refractivity contribution >= 4 is 0 Å². The number of aromatic hydroxyl groups is 1. The SMILES string of the molecule is COc1cc([C@@H](O)[C@H]2CO[C@@H](c3ccc(O[C@H]4O[C@@H](CO)[C@H](O)[C@@H](O)[C@@H]4O)c(OC)c3)[C@@H]2CO)ccc1O. The predicted octanol–water partition coefficient (Wildman–Crippen LogP) is -0.382. The molecule has 4 rings (SSSR count). The second-order valence-electron chi connectivity index (χ2n) is 9.37. The summed E-state index contributed by atoms with van der Waals surface area (Å²) in [7, 11) is 2.82. The maximum atomic E-state index is 11.1. The van der Waals surface area contributed by atoms with Crippen LogP contribution in [0.2, 0.25) is 0 Å². The molecule has 38 heavy (non-hydrogen) atoms. The zero-order valence-corrected chi connectivity index (χ0v) is 21.0. The van der Waals surface area contributed by atoms with Crippen molar-refractivity contribution in [1.29, 1.82) is 0 Å². The topological polar surface area (TPSA) is 188 Å². The Bertz CT molecular complexity index is 1080. The number of hydrogen-bond acceptors (Lipinski definition) is 12. The van der Waals surface area contributed by atoms with Gasteiger partial charge in [-0.15, -0.1) is 0 Å². The highest BCUT2D eigenvalue weighted by Gasteiger charge is 2.45. The van der Waals surface area contributed by atoms with Gasteiger partial charge in [-0.25, -0.2) is 0 Å². The second kappa shape index (κ2) is 12.0. The fraction of sp³-hybridized carbons (Fsp3) is 0.538. The van der Waals surface area contributed by atoms with Gasteiger partial charge in [0.25, 0.3) is 0 Å². The van der Waals surface area contributed by atoms with Crippen LogP contribution in [0.4, 0.5) is 0 Å². The summed E-state index contributed by atoms with van der Waals surface area (Å²) >= 11 is 0. The summed E-state index contributed by atoms with van der Waals surface area (Å²) in [5, 5.41) is 70.8. The lowest BCUT2D eigenvalue weighted by Gasteiger charge is -2.39. The Labute approximate surface area is 219 Å². The Kier molecular flexibility index (Phi) is 8.96. The second-order valence-corrected chi connectivity index (χ2v) is 9.37. The molecule has 0 saturated carbocycles. The van der Waals surface area contributed by atoms with E-state index in [0.717, 1.165) is 0 Å². The summed E-state index contributed by atoms with van der Waals surface area (Å²) in [6.45, 7) is -0.703. The highest BCUT2D eigenvalue weighted by atomic mass is 16.7. The van der Waals surface area contributed by atoms with E-state index in [2.05, 4.69) is 0 Å². The fourth-order valence-corrected chi connectivity index (χ4v) is 4.96. The molecule has 2 aliphatic rings.